The van der Waals surface area contributed by atoms with Gasteiger partial charge in [-0.1, -0.05) is 79.1 Å². The Hall–Kier alpha value is -3.78. The average Bonchev–Trinajstić information content (AvgIpc) is 0.872. The Morgan fingerprint density at radius 3 is 1.04 bits per heavy atom. The Balaban J connectivity index is 1.27. The van der Waals surface area contributed by atoms with Gasteiger partial charge in [0.1, 0.15) is 42.4 Å². The predicted molar refractivity (Wildman–Crippen MR) is 343 cm³/mol. The SMILES string of the molecule is CC1C(OCCCC(=O)CCCCCCNC(=O)OCCCC(C)(CCCOC(=O)CCCCCCCNC(=O)CCCOC2OC(CO)C(O)C(O)C2C)CCCOC(=O)CCCCCCCNC(=O)CCCOC2OC(CO)C(O)C(O)C2C)OC(CO)C(O)C1O. The summed E-state index contributed by atoms with van der Waals surface area (Å²) in [5.74, 6) is -2.08. The molecule has 3 heterocycles. The molecule has 27 nitrogen and oxygen atoms in total. The Morgan fingerprint density at radius 1 is 0.362 bits per heavy atom. The van der Waals surface area contributed by atoms with Crippen LogP contribution >= 0.6 is 0 Å². The van der Waals surface area contributed by atoms with E-state index in [0.717, 1.165) is 96.3 Å². The number of carbonyl (C=O) groups is 6. The lowest BCUT2D eigenvalue weighted by Gasteiger charge is -2.40. The van der Waals surface area contributed by atoms with E-state index in [9.17, 15) is 74.7 Å². The summed E-state index contributed by atoms with van der Waals surface area (Å²) >= 11 is 0. The fourth-order valence-electron chi connectivity index (χ4n) is 11.8. The van der Waals surface area contributed by atoms with E-state index >= 15 is 0 Å². The number of Topliss-reactive ketones (excluding diaryl/α,β-unsaturated/α-hetero) is 1. The van der Waals surface area contributed by atoms with Crippen LogP contribution in [0, 0.1) is 23.2 Å². The van der Waals surface area contributed by atoms with Gasteiger partial charge in [0.2, 0.25) is 11.8 Å². The summed E-state index contributed by atoms with van der Waals surface area (Å²) in [6.07, 6.45) is 6.20. The van der Waals surface area contributed by atoms with Crippen molar-refractivity contribution in [3.63, 3.8) is 0 Å². The zero-order chi connectivity index (χ0) is 69.1. The maximum absolute atomic E-state index is 12.7. The lowest BCUT2D eigenvalue weighted by Crippen LogP contribution is -2.55. The lowest BCUT2D eigenvalue weighted by molar-refractivity contribution is -0.282. The summed E-state index contributed by atoms with van der Waals surface area (Å²) in [4.78, 5) is 75.0. The standard InChI is InChI=1S/C67H121N3O24/c1-46-57(79)60(82)50(43-71)92-63(46)88-37-19-26-49(74)25-13-9-12-18-36-70-66(85)91-42-24-33-67(4,31-22-40-86-55(77)29-14-7-5-10-16-34-68-53(75)27-20-38-89-64-47(2)58(80)61(83)51(44-72)93-64)32-23-41-87-56(78)30-15-8-6-11-17-35-69-54(76)28-21-39-90-65-48(3)59(81)62(84)52(45-73)94-65/h46-48,50-52,57-65,71-73,79-84H,5-45H2,1-4H3,(H,68,75)(H,69,76)(H,70,85). The van der Waals surface area contributed by atoms with Crippen LogP contribution in [0.25, 0.3) is 0 Å². The normalized spacial score (nSPS) is 26.8. The van der Waals surface area contributed by atoms with Gasteiger partial charge in [-0.05, 0) is 102 Å². The minimum absolute atomic E-state index is 0.0995. The second-order valence-electron chi connectivity index (χ2n) is 26.2. The number of amides is 3. The molecule has 3 saturated heterocycles. The Labute approximate surface area is 557 Å². The highest BCUT2D eigenvalue weighted by molar-refractivity contribution is 5.78. The van der Waals surface area contributed by atoms with Gasteiger partial charge in [0.25, 0.3) is 0 Å². The number of esters is 2. The third-order valence-electron chi connectivity index (χ3n) is 18.1. The summed E-state index contributed by atoms with van der Waals surface area (Å²) in [6.45, 7) is 8.81. The molecule has 94 heavy (non-hydrogen) atoms. The Morgan fingerprint density at radius 2 is 0.670 bits per heavy atom. The van der Waals surface area contributed by atoms with Crippen molar-refractivity contribution in [2.75, 3.05) is 79.1 Å². The third-order valence-corrected chi connectivity index (χ3v) is 18.1. The molecule has 3 fully saturated rings. The second kappa shape index (κ2) is 49.7. The van der Waals surface area contributed by atoms with Crippen molar-refractivity contribution >= 4 is 35.6 Å². The predicted octanol–water partition coefficient (Wildman–Crippen LogP) is 4.19. The molecule has 0 aromatic rings. The first kappa shape index (κ1) is 84.4. The smallest absolute Gasteiger partial charge is 0.407 e. The van der Waals surface area contributed by atoms with Gasteiger partial charge < -0.3 is 105 Å². The number of aliphatic hydroxyl groups is 9. The van der Waals surface area contributed by atoms with E-state index in [1.807, 2.05) is 0 Å². The molecule has 0 aromatic carbocycles. The highest BCUT2D eigenvalue weighted by Crippen LogP contribution is 2.35. The fraction of sp³-hybridized carbons (Fsp3) is 0.910. The molecular formula is C67H121N3O24. The van der Waals surface area contributed by atoms with Crippen LogP contribution in [0.2, 0.25) is 0 Å². The molecule has 0 spiro atoms. The lowest BCUT2D eigenvalue weighted by atomic mass is 9.77. The minimum Gasteiger partial charge on any atom is -0.466 e. The molecule has 3 aliphatic heterocycles. The number of hydrogen-bond acceptors (Lipinski definition) is 24. The first-order valence-corrected chi connectivity index (χ1v) is 35.1. The van der Waals surface area contributed by atoms with E-state index in [4.69, 9.17) is 42.6 Å². The van der Waals surface area contributed by atoms with Gasteiger partial charge in [-0.15, -0.1) is 0 Å². The van der Waals surface area contributed by atoms with E-state index in [2.05, 4.69) is 22.9 Å². The van der Waals surface area contributed by atoms with Crippen molar-refractivity contribution < 1.29 is 117 Å². The van der Waals surface area contributed by atoms with Crippen molar-refractivity contribution in [3.05, 3.63) is 0 Å². The Kier molecular flexibility index (Phi) is 44.6. The molecule has 3 rings (SSSR count). The van der Waals surface area contributed by atoms with Crippen LogP contribution in [-0.4, -0.2) is 234 Å². The number of alkyl carbamates (subject to hydrolysis) is 1. The van der Waals surface area contributed by atoms with Crippen LogP contribution < -0.4 is 16.0 Å². The zero-order valence-corrected chi connectivity index (χ0v) is 56.8. The number of hydrogen-bond donors (Lipinski definition) is 12. The van der Waals surface area contributed by atoms with Gasteiger partial charge in [-0.3, -0.25) is 24.0 Å². The number of carbonyl (C=O) groups excluding carboxylic acids is 6. The highest BCUT2D eigenvalue weighted by Gasteiger charge is 2.45. The highest BCUT2D eigenvalue weighted by atomic mass is 16.7. The molecule has 0 aliphatic carbocycles. The van der Waals surface area contributed by atoms with E-state index in [1.54, 1.807) is 20.8 Å². The fourth-order valence-corrected chi connectivity index (χ4v) is 11.8. The number of aliphatic hydroxyl groups excluding tert-OH is 9. The van der Waals surface area contributed by atoms with E-state index < -0.39 is 117 Å². The largest absolute Gasteiger partial charge is 0.466 e. The quantitative estimate of drug-likeness (QED) is 0.0231. The summed E-state index contributed by atoms with van der Waals surface area (Å²) in [5, 5.41) is 97.5. The van der Waals surface area contributed by atoms with Crippen molar-refractivity contribution in [1.82, 2.24) is 16.0 Å². The maximum atomic E-state index is 12.7. The molecule has 0 radical (unpaired) electrons. The molecule has 15 atom stereocenters. The van der Waals surface area contributed by atoms with Crippen LogP contribution in [0.15, 0.2) is 0 Å². The van der Waals surface area contributed by atoms with Crippen molar-refractivity contribution in [2.24, 2.45) is 23.2 Å². The van der Waals surface area contributed by atoms with Gasteiger partial charge in [-0.25, -0.2) is 4.79 Å². The van der Waals surface area contributed by atoms with Crippen molar-refractivity contribution in [2.45, 2.75) is 288 Å². The molecule has 0 aromatic heterocycles. The molecule has 0 bridgehead atoms. The Bertz CT molecular complexity index is 1970. The van der Waals surface area contributed by atoms with Crippen molar-refractivity contribution in [1.29, 1.82) is 0 Å². The van der Waals surface area contributed by atoms with Gasteiger partial charge in [0, 0.05) is 75.9 Å². The van der Waals surface area contributed by atoms with Crippen LogP contribution in [0.5, 0.6) is 0 Å². The van der Waals surface area contributed by atoms with E-state index in [0.29, 0.717) is 96.7 Å². The summed E-state index contributed by atoms with van der Waals surface area (Å²) in [6, 6.07) is 0. The number of rotatable bonds is 53. The summed E-state index contributed by atoms with van der Waals surface area (Å²) in [7, 11) is 0. The summed E-state index contributed by atoms with van der Waals surface area (Å²) < 4.78 is 50.5. The topological polar surface area (TPSA) is 404 Å². The summed E-state index contributed by atoms with van der Waals surface area (Å²) in [5.41, 5.74) is -0.212. The second-order valence-corrected chi connectivity index (χ2v) is 26.2. The molecule has 12 N–H and O–H groups in total. The molecule has 3 aliphatic rings. The van der Waals surface area contributed by atoms with E-state index in [-0.39, 0.29) is 87.4 Å². The average molecular weight is 1350 g/mol. The number of nitrogens with one attached hydrogen (secondary N) is 3. The minimum atomic E-state index is -1.20. The molecule has 27 heteroatoms. The maximum Gasteiger partial charge on any atom is 0.407 e. The first-order valence-electron chi connectivity index (χ1n) is 35.1. The number of ether oxygens (including phenoxy) is 9. The van der Waals surface area contributed by atoms with Crippen LogP contribution in [0.3, 0.4) is 0 Å². The van der Waals surface area contributed by atoms with Gasteiger partial charge >= 0.3 is 18.0 Å². The monoisotopic (exact) mass is 1350 g/mol. The first-order chi connectivity index (χ1) is 45.1. The van der Waals surface area contributed by atoms with E-state index in [1.165, 1.54) is 0 Å². The molecule has 15 unspecified atom stereocenters. The van der Waals surface area contributed by atoms with Gasteiger partial charge in [-0.2, -0.15) is 0 Å². The zero-order valence-electron chi connectivity index (χ0n) is 56.8. The molecular weight excluding hydrogens is 1230 g/mol. The third kappa shape index (κ3) is 34.6. The number of unbranched alkanes of at least 4 members (excludes halogenated alkanes) is 11. The van der Waals surface area contributed by atoms with Crippen LogP contribution in [0.1, 0.15) is 214 Å². The molecule has 548 valence electrons. The number of ketones is 1. The van der Waals surface area contributed by atoms with Crippen LogP contribution in [0.4, 0.5) is 4.79 Å². The van der Waals surface area contributed by atoms with Crippen LogP contribution in [-0.2, 0) is 66.6 Å². The molecule has 0 saturated carbocycles. The van der Waals surface area contributed by atoms with Gasteiger partial charge in [0.05, 0.1) is 77.8 Å². The van der Waals surface area contributed by atoms with Gasteiger partial charge in [0.15, 0.2) is 18.9 Å². The van der Waals surface area contributed by atoms with Crippen molar-refractivity contribution in [3.8, 4) is 0 Å². The molecule has 3 amide bonds.